The van der Waals surface area contributed by atoms with Gasteiger partial charge in [0.25, 0.3) is 0 Å². The molecule has 1 saturated heterocycles. The van der Waals surface area contributed by atoms with Gasteiger partial charge in [0, 0.05) is 43.0 Å². The van der Waals surface area contributed by atoms with Gasteiger partial charge in [-0.2, -0.15) is 0 Å². The quantitative estimate of drug-likeness (QED) is 0.653. The van der Waals surface area contributed by atoms with Gasteiger partial charge >= 0.3 is 0 Å². The first-order valence-corrected chi connectivity index (χ1v) is 12.2. The maximum atomic E-state index is 12.9. The lowest BCUT2D eigenvalue weighted by Crippen LogP contribution is -2.56. The van der Waals surface area contributed by atoms with Crippen LogP contribution in [0.3, 0.4) is 0 Å². The average Bonchev–Trinajstić information content (AvgIpc) is 2.81. The van der Waals surface area contributed by atoms with Gasteiger partial charge in [-0.05, 0) is 62.9 Å². The summed E-state index contributed by atoms with van der Waals surface area (Å²) in [6.45, 7) is 7.38. The Morgan fingerprint density at radius 1 is 1.06 bits per heavy atom. The van der Waals surface area contributed by atoms with Crippen molar-refractivity contribution in [3.63, 3.8) is 0 Å². The van der Waals surface area contributed by atoms with E-state index in [1.54, 1.807) is 0 Å². The van der Waals surface area contributed by atoms with Crippen LogP contribution < -0.4 is 10.2 Å². The molecule has 1 saturated carbocycles. The highest BCUT2D eigenvalue weighted by Crippen LogP contribution is 2.49. The Morgan fingerprint density at radius 3 is 2.47 bits per heavy atom. The number of nitrogens with zero attached hydrogens (tertiary/aromatic N) is 2. The fourth-order valence-corrected chi connectivity index (χ4v) is 5.74. The molecular formula is C27H37N3O2. The Morgan fingerprint density at radius 2 is 1.78 bits per heavy atom. The van der Waals surface area contributed by atoms with Crippen molar-refractivity contribution in [2.75, 3.05) is 36.4 Å². The molecule has 2 aliphatic rings. The van der Waals surface area contributed by atoms with E-state index in [1.165, 1.54) is 11.3 Å². The summed E-state index contributed by atoms with van der Waals surface area (Å²) in [4.78, 5) is 17.5. The zero-order valence-electron chi connectivity index (χ0n) is 19.5. The van der Waals surface area contributed by atoms with Crippen molar-refractivity contribution in [2.24, 2.45) is 5.92 Å². The molecule has 2 N–H and O–H groups in total. The number of nitrogens with one attached hydrogen (secondary N) is 1. The van der Waals surface area contributed by atoms with E-state index in [0.29, 0.717) is 6.54 Å². The molecule has 172 valence electrons. The molecule has 3 atom stereocenters. The van der Waals surface area contributed by atoms with Crippen LogP contribution in [-0.4, -0.2) is 47.7 Å². The van der Waals surface area contributed by atoms with Crippen molar-refractivity contribution in [1.82, 2.24) is 4.90 Å². The Labute approximate surface area is 192 Å². The molecule has 5 heteroatoms. The largest absolute Gasteiger partial charge is 0.389 e. The molecule has 1 aliphatic heterocycles. The lowest BCUT2D eigenvalue weighted by atomic mass is 9.66. The predicted octanol–water partition coefficient (Wildman–Crippen LogP) is 4.84. The fraction of sp³-hybridized carbons (Fsp3) is 0.519. The van der Waals surface area contributed by atoms with Crippen molar-refractivity contribution >= 4 is 17.3 Å². The zero-order chi connectivity index (χ0) is 22.6. The fourth-order valence-electron chi connectivity index (χ4n) is 5.74. The standard InChI is InChI=1S/C27H37N3O2/c1-3-29(4-2)23-15-13-21(14-16-23)26-24-12-8-9-17-27(24,32)18-19-30(26)20-25(31)28-22-10-6-5-7-11-22/h5-7,10-11,13-16,24,26,32H,3-4,8-9,12,17-20H2,1-2H3,(H,28,31)/t24-,26-,27+/m1/s1. The Balaban J connectivity index is 1.58. The first-order valence-electron chi connectivity index (χ1n) is 12.2. The van der Waals surface area contributed by atoms with E-state index in [9.17, 15) is 9.90 Å². The van der Waals surface area contributed by atoms with E-state index in [1.807, 2.05) is 30.3 Å². The average molecular weight is 436 g/mol. The monoisotopic (exact) mass is 435 g/mol. The molecular weight excluding hydrogens is 398 g/mol. The van der Waals surface area contributed by atoms with E-state index < -0.39 is 5.60 Å². The Kier molecular flexibility index (Phi) is 7.17. The predicted molar refractivity (Wildman–Crippen MR) is 131 cm³/mol. The number of carbonyl (C=O) groups excluding carboxylic acids is 1. The number of para-hydroxylation sites is 1. The minimum atomic E-state index is -0.618. The SMILES string of the molecule is CCN(CC)c1ccc([C@@H]2[C@H]3CCCC[C@]3(O)CCN2CC(=O)Nc2ccccc2)cc1. The van der Waals surface area contributed by atoms with Gasteiger partial charge in [-0.1, -0.05) is 43.2 Å². The van der Waals surface area contributed by atoms with Gasteiger partial charge in [-0.25, -0.2) is 0 Å². The molecule has 0 radical (unpaired) electrons. The minimum Gasteiger partial charge on any atom is -0.389 e. The molecule has 1 heterocycles. The second-order valence-corrected chi connectivity index (χ2v) is 9.30. The van der Waals surface area contributed by atoms with Crippen LogP contribution in [-0.2, 0) is 4.79 Å². The highest BCUT2D eigenvalue weighted by molar-refractivity contribution is 5.92. The first kappa shape index (κ1) is 22.8. The van der Waals surface area contributed by atoms with Gasteiger partial charge in [0.1, 0.15) is 0 Å². The number of amides is 1. The van der Waals surface area contributed by atoms with Gasteiger partial charge in [-0.15, -0.1) is 0 Å². The molecule has 1 amide bonds. The number of benzene rings is 2. The molecule has 0 spiro atoms. The number of rotatable bonds is 7. The molecule has 0 unspecified atom stereocenters. The van der Waals surface area contributed by atoms with Crippen LogP contribution in [0.2, 0.25) is 0 Å². The smallest absolute Gasteiger partial charge is 0.238 e. The summed E-state index contributed by atoms with van der Waals surface area (Å²) in [5.41, 5.74) is 2.64. The number of piperidine rings is 1. The summed E-state index contributed by atoms with van der Waals surface area (Å²) >= 11 is 0. The van der Waals surface area contributed by atoms with Crippen molar-refractivity contribution in [3.8, 4) is 0 Å². The third kappa shape index (κ3) is 4.84. The summed E-state index contributed by atoms with van der Waals surface area (Å²) < 4.78 is 0. The van der Waals surface area contributed by atoms with E-state index >= 15 is 0 Å². The van der Waals surface area contributed by atoms with Crippen LogP contribution in [0.15, 0.2) is 54.6 Å². The molecule has 4 rings (SSSR count). The number of hydrogen-bond acceptors (Lipinski definition) is 4. The zero-order valence-corrected chi connectivity index (χ0v) is 19.5. The molecule has 2 aromatic carbocycles. The van der Waals surface area contributed by atoms with Crippen LogP contribution in [0.1, 0.15) is 57.6 Å². The number of anilines is 2. The van der Waals surface area contributed by atoms with Gasteiger partial charge in [0.2, 0.25) is 5.91 Å². The molecule has 32 heavy (non-hydrogen) atoms. The minimum absolute atomic E-state index is 0.00205. The molecule has 0 aromatic heterocycles. The number of hydrogen-bond donors (Lipinski definition) is 2. The molecule has 5 nitrogen and oxygen atoms in total. The maximum absolute atomic E-state index is 12.9. The summed E-state index contributed by atoms with van der Waals surface area (Å²) in [7, 11) is 0. The molecule has 2 fully saturated rings. The lowest BCUT2D eigenvalue weighted by Gasteiger charge is -2.52. The summed E-state index contributed by atoms with van der Waals surface area (Å²) in [5.74, 6) is 0.163. The van der Waals surface area contributed by atoms with Crippen LogP contribution >= 0.6 is 0 Å². The molecule has 2 aromatic rings. The highest BCUT2D eigenvalue weighted by Gasteiger charge is 2.49. The Bertz CT molecular complexity index is 882. The Hall–Kier alpha value is -2.37. The van der Waals surface area contributed by atoms with Crippen LogP contribution in [0.5, 0.6) is 0 Å². The second kappa shape index (κ2) is 10.1. The number of fused-ring (bicyclic) bond motifs is 1. The third-order valence-electron chi connectivity index (χ3n) is 7.44. The summed E-state index contributed by atoms with van der Waals surface area (Å²) in [6.07, 6.45) is 4.86. The highest BCUT2D eigenvalue weighted by atomic mass is 16.3. The van der Waals surface area contributed by atoms with Crippen molar-refractivity contribution in [3.05, 3.63) is 60.2 Å². The first-order chi connectivity index (χ1) is 15.5. The summed E-state index contributed by atoms with van der Waals surface area (Å²) in [5, 5.41) is 14.5. The van der Waals surface area contributed by atoms with Gasteiger partial charge in [0.15, 0.2) is 0 Å². The van der Waals surface area contributed by atoms with Crippen molar-refractivity contribution in [1.29, 1.82) is 0 Å². The van der Waals surface area contributed by atoms with Gasteiger partial charge < -0.3 is 15.3 Å². The van der Waals surface area contributed by atoms with E-state index in [-0.39, 0.29) is 17.9 Å². The van der Waals surface area contributed by atoms with E-state index in [2.05, 4.69) is 53.2 Å². The number of aliphatic hydroxyl groups is 1. The second-order valence-electron chi connectivity index (χ2n) is 9.30. The maximum Gasteiger partial charge on any atom is 0.238 e. The van der Waals surface area contributed by atoms with E-state index in [4.69, 9.17) is 0 Å². The lowest BCUT2D eigenvalue weighted by molar-refractivity contribution is -0.135. The van der Waals surface area contributed by atoms with Crippen LogP contribution in [0, 0.1) is 5.92 Å². The summed E-state index contributed by atoms with van der Waals surface area (Å²) in [6, 6.07) is 18.5. The molecule has 0 bridgehead atoms. The van der Waals surface area contributed by atoms with Crippen LogP contribution in [0.4, 0.5) is 11.4 Å². The van der Waals surface area contributed by atoms with Gasteiger partial charge in [0.05, 0.1) is 12.1 Å². The normalized spacial score (nSPS) is 25.7. The van der Waals surface area contributed by atoms with Gasteiger partial charge in [-0.3, -0.25) is 9.69 Å². The number of carbonyl (C=O) groups is 1. The topological polar surface area (TPSA) is 55.8 Å². The molecule has 1 aliphatic carbocycles. The van der Waals surface area contributed by atoms with Crippen LogP contribution in [0.25, 0.3) is 0 Å². The van der Waals surface area contributed by atoms with Crippen molar-refractivity contribution < 1.29 is 9.90 Å². The third-order valence-corrected chi connectivity index (χ3v) is 7.44. The van der Waals surface area contributed by atoms with Crippen molar-refractivity contribution in [2.45, 2.75) is 57.6 Å². The van der Waals surface area contributed by atoms with E-state index in [0.717, 1.165) is 57.4 Å². The number of likely N-dealkylation sites (tertiary alicyclic amines) is 1.